The van der Waals surface area contributed by atoms with Gasteiger partial charge in [-0.25, -0.2) is 0 Å². The molecule has 0 atom stereocenters. The fourth-order valence-corrected chi connectivity index (χ4v) is 11.0. The van der Waals surface area contributed by atoms with E-state index in [1.54, 1.807) is 0 Å². The molecular formula is C62H44N2. The van der Waals surface area contributed by atoms with Gasteiger partial charge in [0.05, 0.1) is 11.0 Å². The number of allylic oxidation sites excluding steroid dienone is 4. The van der Waals surface area contributed by atoms with Crippen LogP contribution >= 0.6 is 0 Å². The maximum atomic E-state index is 2.53. The van der Waals surface area contributed by atoms with E-state index in [1.807, 2.05) is 0 Å². The summed E-state index contributed by atoms with van der Waals surface area (Å²) in [4.78, 5) is 0. The maximum absolute atomic E-state index is 2.53. The van der Waals surface area contributed by atoms with Crippen LogP contribution in [0.5, 0.6) is 0 Å². The molecule has 2 heterocycles. The first-order valence-electron chi connectivity index (χ1n) is 22.5. The molecule has 0 fully saturated rings. The van der Waals surface area contributed by atoms with Crippen molar-refractivity contribution in [3.05, 3.63) is 223 Å². The van der Waals surface area contributed by atoms with Crippen molar-refractivity contribution in [2.45, 2.75) is 26.7 Å². The molecule has 13 rings (SSSR count). The minimum atomic E-state index is 0.981. The second-order valence-corrected chi connectivity index (χ2v) is 17.7. The van der Waals surface area contributed by atoms with Gasteiger partial charge in [0.1, 0.15) is 0 Å². The third-order valence-corrected chi connectivity index (χ3v) is 14.1. The molecular weight excluding hydrogens is 773 g/mol. The Morgan fingerprint density at radius 1 is 0.391 bits per heavy atom. The van der Waals surface area contributed by atoms with Gasteiger partial charge < -0.3 is 9.13 Å². The molecule has 1 aliphatic rings. The summed E-state index contributed by atoms with van der Waals surface area (Å²) in [7, 11) is 0. The SMILES string of the molecule is CC1=C(n2ccc3c2c2ccc(-c4cc(-c5ccccc5)cc(-c5ccccc5)c4)cc2c2ccn(-c4cc5ccc6cccc7ccc(c4)c5c67)c23)CCC=C1c1ccccc1C. The van der Waals surface area contributed by atoms with Crippen LogP contribution in [-0.4, -0.2) is 9.13 Å². The molecule has 0 aliphatic heterocycles. The van der Waals surface area contributed by atoms with Gasteiger partial charge in [-0.05, 0) is 169 Å². The molecule has 0 radical (unpaired) electrons. The molecule has 302 valence electrons. The van der Waals surface area contributed by atoms with Crippen LogP contribution in [0.2, 0.25) is 0 Å². The van der Waals surface area contributed by atoms with Gasteiger partial charge in [0, 0.05) is 39.9 Å². The van der Waals surface area contributed by atoms with Crippen LogP contribution in [0.15, 0.2) is 212 Å². The Bertz CT molecular complexity index is 3770. The molecule has 0 saturated carbocycles. The van der Waals surface area contributed by atoms with Crippen LogP contribution in [0.1, 0.15) is 30.9 Å². The minimum Gasteiger partial charge on any atom is -0.319 e. The Balaban J connectivity index is 1.08. The van der Waals surface area contributed by atoms with Crippen LogP contribution in [0.25, 0.3) is 115 Å². The number of benzene rings is 10. The third-order valence-electron chi connectivity index (χ3n) is 14.1. The molecule has 0 saturated heterocycles. The normalized spacial score (nSPS) is 13.4. The second-order valence-electron chi connectivity index (χ2n) is 17.7. The van der Waals surface area contributed by atoms with E-state index in [0.29, 0.717) is 0 Å². The Labute approximate surface area is 372 Å². The van der Waals surface area contributed by atoms with Gasteiger partial charge in [-0.2, -0.15) is 0 Å². The van der Waals surface area contributed by atoms with Gasteiger partial charge in [0.25, 0.3) is 0 Å². The molecule has 0 amide bonds. The predicted octanol–water partition coefficient (Wildman–Crippen LogP) is 17.1. The van der Waals surface area contributed by atoms with Crippen molar-refractivity contribution in [3.8, 4) is 39.1 Å². The summed E-state index contributed by atoms with van der Waals surface area (Å²) in [5.41, 5.74) is 17.6. The molecule has 0 spiro atoms. The number of rotatable bonds is 6. The fourth-order valence-electron chi connectivity index (χ4n) is 11.0. The lowest BCUT2D eigenvalue weighted by Crippen LogP contribution is -2.05. The number of nitrogens with zero attached hydrogens (tertiary/aromatic N) is 2. The predicted molar refractivity (Wildman–Crippen MR) is 274 cm³/mol. The maximum Gasteiger partial charge on any atom is 0.0628 e. The standard InChI is InChI=1S/C62H44N2/c1-39-13-9-10-20-52(39)53-21-12-22-58(40(53)2)64-32-30-56-61-55(29-31-63(61)51-36-46-25-23-43-18-11-19-44-24-26-47(37-51)60(46)59(43)44)57-38-45(27-28-54(57)62(56)64)50-34-48(41-14-5-3-6-15-41)33-49(35-50)42-16-7-4-8-17-42/h3-11,13-21,23-38H,12,22H2,1-2H3. The van der Waals surface area contributed by atoms with Crippen LogP contribution < -0.4 is 0 Å². The highest BCUT2D eigenvalue weighted by Gasteiger charge is 2.23. The molecule has 2 nitrogen and oxygen atoms in total. The minimum absolute atomic E-state index is 0.981. The summed E-state index contributed by atoms with van der Waals surface area (Å²) < 4.78 is 4.98. The lowest BCUT2D eigenvalue weighted by molar-refractivity contribution is 0.952. The van der Waals surface area contributed by atoms with Gasteiger partial charge in [0.2, 0.25) is 0 Å². The molecule has 12 aromatic rings. The van der Waals surface area contributed by atoms with Crippen molar-refractivity contribution >= 4 is 76.2 Å². The van der Waals surface area contributed by atoms with E-state index in [1.165, 1.54) is 132 Å². The van der Waals surface area contributed by atoms with Crippen LogP contribution in [-0.2, 0) is 0 Å². The van der Waals surface area contributed by atoms with E-state index in [-0.39, 0.29) is 0 Å². The highest BCUT2D eigenvalue weighted by Crippen LogP contribution is 2.45. The van der Waals surface area contributed by atoms with Crippen molar-refractivity contribution in [2.24, 2.45) is 0 Å². The van der Waals surface area contributed by atoms with Crippen LogP contribution in [0.3, 0.4) is 0 Å². The largest absolute Gasteiger partial charge is 0.319 e. The quantitative estimate of drug-likeness (QED) is 0.148. The third kappa shape index (κ3) is 5.65. The molecule has 2 heteroatoms. The Morgan fingerprint density at radius 3 is 1.64 bits per heavy atom. The number of hydrogen-bond donors (Lipinski definition) is 0. The second kappa shape index (κ2) is 14.3. The topological polar surface area (TPSA) is 9.86 Å². The van der Waals surface area contributed by atoms with Crippen molar-refractivity contribution in [3.63, 3.8) is 0 Å². The Hall–Kier alpha value is -7.94. The molecule has 64 heavy (non-hydrogen) atoms. The van der Waals surface area contributed by atoms with Crippen molar-refractivity contribution in [1.82, 2.24) is 9.13 Å². The summed E-state index contributed by atoms with van der Waals surface area (Å²) in [6.07, 6.45) is 9.07. The molecule has 1 aliphatic carbocycles. The summed E-state index contributed by atoms with van der Waals surface area (Å²) >= 11 is 0. The summed E-state index contributed by atoms with van der Waals surface area (Å²) in [6.45, 7) is 4.56. The highest BCUT2D eigenvalue weighted by molar-refractivity contribution is 6.26. The van der Waals surface area contributed by atoms with E-state index in [2.05, 4.69) is 230 Å². The van der Waals surface area contributed by atoms with Crippen molar-refractivity contribution in [1.29, 1.82) is 0 Å². The lowest BCUT2D eigenvalue weighted by atomic mass is 9.88. The average Bonchev–Trinajstić information content (AvgIpc) is 4.00. The van der Waals surface area contributed by atoms with E-state index in [4.69, 9.17) is 0 Å². The zero-order valence-electron chi connectivity index (χ0n) is 35.9. The first-order chi connectivity index (χ1) is 31.6. The molecule has 0 N–H and O–H groups in total. The lowest BCUT2D eigenvalue weighted by Gasteiger charge is -2.23. The number of hydrogen-bond acceptors (Lipinski definition) is 0. The average molecular weight is 817 g/mol. The zero-order valence-corrected chi connectivity index (χ0v) is 35.9. The first-order valence-corrected chi connectivity index (χ1v) is 22.5. The summed E-state index contributed by atoms with van der Waals surface area (Å²) in [5.74, 6) is 0. The summed E-state index contributed by atoms with van der Waals surface area (Å²) in [5, 5.41) is 12.8. The fraction of sp³-hybridized carbons (Fsp3) is 0.0645. The van der Waals surface area contributed by atoms with E-state index in [0.717, 1.165) is 12.8 Å². The van der Waals surface area contributed by atoms with Crippen LogP contribution in [0.4, 0.5) is 0 Å². The number of aromatic nitrogens is 2. The monoisotopic (exact) mass is 816 g/mol. The van der Waals surface area contributed by atoms with Gasteiger partial charge in [-0.1, -0.05) is 146 Å². The van der Waals surface area contributed by atoms with Gasteiger partial charge in [-0.3, -0.25) is 0 Å². The van der Waals surface area contributed by atoms with E-state index in [9.17, 15) is 0 Å². The molecule has 10 aromatic carbocycles. The molecule has 2 aromatic heterocycles. The van der Waals surface area contributed by atoms with Gasteiger partial charge in [-0.15, -0.1) is 0 Å². The molecule has 0 bridgehead atoms. The Morgan fingerprint density at radius 2 is 0.953 bits per heavy atom. The first kappa shape index (κ1) is 36.7. The van der Waals surface area contributed by atoms with E-state index >= 15 is 0 Å². The van der Waals surface area contributed by atoms with Crippen LogP contribution in [0, 0.1) is 6.92 Å². The molecule has 0 unspecified atom stereocenters. The highest BCUT2D eigenvalue weighted by atomic mass is 15.0. The zero-order chi connectivity index (χ0) is 42.5. The Kier molecular flexibility index (Phi) is 8.20. The smallest absolute Gasteiger partial charge is 0.0628 e. The number of aryl methyl sites for hydroxylation is 1. The van der Waals surface area contributed by atoms with Crippen molar-refractivity contribution in [2.75, 3.05) is 0 Å². The van der Waals surface area contributed by atoms with Gasteiger partial charge in [0.15, 0.2) is 0 Å². The number of fused-ring (bicyclic) bond motifs is 6. The summed E-state index contributed by atoms with van der Waals surface area (Å²) in [6, 6.07) is 70.0. The van der Waals surface area contributed by atoms with Gasteiger partial charge >= 0.3 is 0 Å². The van der Waals surface area contributed by atoms with Crippen molar-refractivity contribution < 1.29 is 0 Å². The van der Waals surface area contributed by atoms with E-state index < -0.39 is 0 Å².